The number of carbonyl (C=O) groups is 2. The van der Waals surface area contributed by atoms with E-state index >= 15 is 0 Å². The summed E-state index contributed by atoms with van der Waals surface area (Å²) >= 11 is 0. The van der Waals surface area contributed by atoms with Crippen LogP contribution in [0.4, 0.5) is 0 Å². The Morgan fingerprint density at radius 1 is 0.500 bits per heavy atom. The monoisotopic (exact) mass is 704 g/mol. The fourth-order valence-corrected chi connectivity index (χ4v) is 15.9. The zero-order valence-electron chi connectivity index (χ0n) is 30.9. The van der Waals surface area contributed by atoms with E-state index in [1.54, 1.807) is 0 Å². The van der Waals surface area contributed by atoms with E-state index in [1.807, 2.05) is 36.4 Å². The van der Waals surface area contributed by atoms with E-state index in [2.05, 4.69) is 152 Å². The fraction of sp³-hybridized carbons (Fsp3) is 0.318. The van der Waals surface area contributed by atoms with Crippen molar-refractivity contribution in [2.45, 2.75) is 64.5 Å². The molecule has 0 heterocycles. The van der Waals surface area contributed by atoms with Crippen LogP contribution in [-0.4, -0.2) is 42.4 Å². The first kappa shape index (κ1) is 40.5. The van der Waals surface area contributed by atoms with Gasteiger partial charge in [-0.05, 0) is 30.8 Å². The lowest BCUT2D eigenvalue weighted by molar-refractivity contribution is -0.109. The summed E-state index contributed by atoms with van der Waals surface area (Å²) in [5, 5.41) is 4.90. The maximum absolute atomic E-state index is 10.9. The summed E-state index contributed by atoms with van der Waals surface area (Å²) in [5.74, 6) is 0.0818. The molecule has 0 spiro atoms. The first-order valence-corrected chi connectivity index (χ1v) is 21.3. The molecule has 0 aliphatic heterocycles. The summed E-state index contributed by atoms with van der Waals surface area (Å²) in [6, 6.07) is 42.1. The Kier molecular flexibility index (Phi) is 15.3. The molecule has 4 aromatic carbocycles. The SMILES string of the molecule is C=C[C@@H](CC=O)CO[Si](c1ccccc1)(c1ccccc1)C(C)(C)C.C=C[C@H](CC=O)CO[Si](c1ccccc1)(c1ccccc1)C(C)(C)C. The van der Waals surface area contributed by atoms with Gasteiger partial charge in [0.2, 0.25) is 0 Å². The Hall–Kier alpha value is -3.95. The highest BCUT2D eigenvalue weighted by atomic mass is 28.4. The lowest BCUT2D eigenvalue weighted by Gasteiger charge is -2.43. The maximum atomic E-state index is 10.9. The number of aldehydes is 2. The van der Waals surface area contributed by atoms with Crippen molar-refractivity contribution >= 4 is 50.0 Å². The highest BCUT2D eigenvalue weighted by molar-refractivity contribution is 7.00. The molecule has 6 heteroatoms. The molecule has 50 heavy (non-hydrogen) atoms. The van der Waals surface area contributed by atoms with Crippen molar-refractivity contribution in [1.82, 2.24) is 0 Å². The van der Waals surface area contributed by atoms with Gasteiger partial charge in [-0.3, -0.25) is 0 Å². The Labute approximate surface area is 303 Å². The minimum atomic E-state index is -2.52. The van der Waals surface area contributed by atoms with Crippen molar-refractivity contribution in [3.05, 3.63) is 147 Å². The molecular weight excluding hydrogens is 649 g/mol. The second-order valence-electron chi connectivity index (χ2n) is 14.7. The Balaban J connectivity index is 0.000000270. The Morgan fingerprint density at radius 3 is 0.920 bits per heavy atom. The molecule has 0 radical (unpaired) electrons. The van der Waals surface area contributed by atoms with Crippen LogP contribution in [0.5, 0.6) is 0 Å². The molecule has 2 atom stereocenters. The number of benzene rings is 4. The minimum absolute atomic E-state index is 0.0409. The van der Waals surface area contributed by atoms with E-state index in [1.165, 1.54) is 20.7 Å². The number of hydrogen-bond acceptors (Lipinski definition) is 4. The van der Waals surface area contributed by atoms with Crippen LogP contribution in [0.3, 0.4) is 0 Å². The second kappa shape index (κ2) is 18.9. The van der Waals surface area contributed by atoms with Gasteiger partial charge in [0.05, 0.1) is 0 Å². The quantitative estimate of drug-likeness (QED) is 0.0676. The molecule has 0 aliphatic rings. The molecule has 0 aromatic heterocycles. The van der Waals surface area contributed by atoms with Gasteiger partial charge in [0, 0.05) is 37.9 Å². The molecule has 0 fully saturated rings. The van der Waals surface area contributed by atoms with Gasteiger partial charge in [-0.25, -0.2) is 0 Å². The number of carbonyl (C=O) groups excluding carboxylic acids is 2. The molecule has 264 valence electrons. The van der Waals surface area contributed by atoms with Crippen molar-refractivity contribution in [3.8, 4) is 0 Å². The standard InChI is InChI=1S/2C22H28O2Si/c2*1-5-19(16-17-23)18-24-25(22(2,3)4,20-12-8-6-9-13-20)21-14-10-7-11-15-21/h2*5-15,17,19H,1,16,18H2,2-4H3/t2*19-/m10/s1. The summed E-state index contributed by atoms with van der Waals surface area (Å²) in [4.78, 5) is 21.9. The summed E-state index contributed by atoms with van der Waals surface area (Å²) < 4.78 is 13.6. The van der Waals surface area contributed by atoms with Crippen LogP contribution in [-0.2, 0) is 18.4 Å². The summed E-state index contributed by atoms with van der Waals surface area (Å²) in [7, 11) is -5.04. The third-order valence-corrected chi connectivity index (χ3v) is 19.3. The van der Waals surface area contributed by atoms with Crippen LogP contribution in [0.15, 0.2) is 147 Å². The molecule has 4 rings (SSSR count). The first-order chi connectivity index (χ1) is 23.9. The molecular formula is C44H56O4Si2. The Morgan fingerprint density at radius 2 is 0.740 bits per heavy atom. The van der Waals surface area contributed by atoms with Crippen molar-refractivity contribution in [2.24, 2.45) is 11.8 Å². The fourth-order valence-electron chi connectivity index (χ4n) is 6.70. The zero-order chi connectivity index (χ0) is 36.7. The lowest BCUT2D eigenvalue weighted by atomic mass is 10.1. The average molecular weight is 705 g/mol. The van der Waals surface area contributed by atoms with E-state index < -0.39 is 16.6 Å². The van der Waals surface area contributed by atoms with Crippen LogP contribution in [0.25, 0.3) is 0 Å². The van der Waals surface area contributed by atoms with E-state index in [-0.39, 0.29) is 21.9 Å². The van der Waals surface area contributed by atoms with Crippen molar-refractivity contribution < 1.29 is 18.4 Å². The third-order valence-electron chi connectivity index (χ3n) is 9.33. The van der Waals surface area contributed by atoms with Gasteiger partial charge in [0.1, 0.15) is 12.6 Å². The largest absolute Gasteiger partial charge is 0.407 e. The van der Waals surface area contributed by atoms with Crippen LogP contribution >= 0.6 is 0 Å². The topological polar surface area (TPSA) is 52.6 Å². The maximum Gasteiger partial charge on any atom is 0.261 e. The molecule has 0 N–H and O–H groups in total. The summed E-state index contributed by atoms with van der Waals surface area (Å²) in [6.45, 7) is 22.3. The van der Waals surface area contributed by atoms with E-state index in [4.69, 9.17) is 8.85 Å². The summed E-state index contributed by atoms with van der Waals surface area (Å²) in [5.41, 5.74) is 0. The minimum Gasteiger partial charge on any atom is -0.407 e. The highest BCUT2D eigenvalue weighted by Gasteiger charge is 2.51. The molecule has 0 saturated heterocycles. The van der Waals surface area contributed by atoms with Crippen molar-refractivity contribution in [2.75, 3.05) is 13.2 Å². The van der Waals surface area contributed by atoms with Crippen LogP contribution in [0.1, 0.15) is 54.4 Å². The van der Waals surface area contributed by atoms with Crippen LogP contribution in [0, 0.1) is 11.8 Å². The predicted octanol–water partition coefficient (Wildman–Crippen LogP) is 7.91. The molecule has 0 aliphatic carbocycles. The first-order valence-electron chi connectivity index (χ1n) is 17.5. The lowest BCUT2D eigenvalue weighted by Crippen LogP contribution is -2.66. The van der Waals surface area contributed by atoms with Gasteiger partial charge < -0.3 is 18.4 Å². The van der Waals surface area contributed by atoms with Gasteiger partial charge in [0.15, 0.2) is 0 Å². The molecule has 4 nitrogen and oxygen atoms in total. The zero-order valence-corrected chi connectivity index (χ0v) is 32.9. The van der Waals surface area contributed by atoms with E-state index in [0.717, 1.165) is 12.6 Å². The van der Waals surface area contributed by atoms with Gasteiger partial charge in [-0.15, -0.1) is 13.2 Å². The molecule has 0 saturated carbocycles. The summed E-state index contributed by atoms with van der Waals surface area (Å²) in [6.07, 6.45) is 6.43. The molecule has 0 unspecified atom stereocenters. The predicted molar refractivity (Wildman–Crippen MR) is 216 cm³/mol. The van der Waals surface area contributed by atoms with Gasteiger partial charge in [0.25, 0.3) is 16.6 Å². The van der Waals surface area contributed by atoms with Crippen molar-refractivity contribution in [3.63, 3.8) is 0 Å². The van der Waals surface area contributed by atoms with Gasteiger partial charge >= 0.3 is 0 Å². The smallest absolute Gasteiger partial charge is 0.261 e. The normalized spacial score (nSPS) is 13.2. The van der Waals surface area contributed by atoms with Gasteiger partial charge in [-0.1, -0.05) is 175 Å². The van der Waals surface area contributed by atoms with E-state index in [9.17, 15) is 9.59 Å². The van der Waals surface area contributed by atoms with Crippen molar-refractivity contribution in [1.29, 1.82) is 0 Å². The Bertz CT molecular complexity index is 1390. The van der Waals surface area contributed by atoms with Crippen LogP contribution < -0.4 is 20.7 Å². The number of rotatable bonds is 16. The molecule has 0 bridgehead atoms. The van der Waals surface area contributed by atoms with Crippen LogP contribution in [0.2, 0.25) is 10.1 Å². The van der Waals surface area contributed by atoms with E-state index in [0.29, 0.717) is 26.1 Å². The third kappa shape index (κ3) is 9.64. The average Bonchev–Trinajstić information content (AvgIpc) is 3.12. The number of hydrogen-bond donors (Lipinski definition) is 0. The van der Waals surface area contributed by atoms with Gasteiger partial charge in [-0.2, -0.15) is 0 Å². The molecule has 0 amide bonds. The molecule has 4 aromatic rings. The second-order valence-corrected chi connectivity index (χ2v) is 23.4. The highest BCUT2D eigenvalue weighted by Crippen LogP contribution is 2.38.